The van der Waals surface area contributed by atoms with Crippen LogP contribution in [0.4, 0.5) is 0 Å². The van der Waals surface area contributed by atoms with Gasteiger partial charge >= 0.3 is 33.3 Å². The number of rotatable bonds is 37. The van der Waals surface area contributed by atoms with Crippen molar-refractivity contribution in [1.29, 1.82) is 0 Å². The standard InChI is InChI=1S/C38H56Br2S4.C19H29BrS2.2ClH.Cu/c1-3-5-7-9-11-13-15-17-19-21-23-25-29-27-41-35-31(39)37(43-33(29)35)38-32(40)36-34(44-38)30(28-42-36)26-24-22-20-18-16-14-12-10-8-6-4-2;1-2-3-4-5-6-7-8-9-10-11-12-13-16-14-21-19-17(20)15-22-18(16)19;;;/h27-28H,3-26H2,1-2H3;14-15H,2-13H2,1H3;2*1H;/q;;;;+2/p-2. The van der Waals surface area contributed by atoms with Gasteiger partial charge < -0.3 is 0 Å². The summed E-state index contributed by atoms with van der Waals surface area (Å²) in [5, 5.41) is 9.45. The van der Waals surface area contributed by atoms with Crippen molar-refractivity contribution in [1.82, 2.24) is 0 Å². The Bertz CT molecular complexity index is 2080. The monoisotopic (exact) mass is 1330 g/mol. The van der Waals surface area contributed by atoms with Gasteiger partial charge in [-0.25, -0.2) is 0 Å². The molecule has 0 saturated heterocycles. The Balaban J connectivity index is 0.000000346. The van der Waals surface area contributed by atoms with Crippen LogP contribution in [0, 0.1) is 0 Å². The number of unbranched alkanes of at least 4 members (excludes halogenated alkanes) is 30. The second-order valence-corrected chi connectivity index (χ2v) is 28.8. The molecule has 0 bridgehead atoms. The van der Waals surface area contributed by atoms with Gasteiger partial charge in [0.05, 0.1) is 42.2 Å². The zero-order valence-electron chi connectivity index (χ0n) is 42.4. The molecular weight excluding hydrogens is 1250 g/mol. The van der Waals surface area contributed by atoms with Gasteiger partial charge in [0, 0.05) is 14.6 Å². The first-order chi connectivity index (χ1) is 33.9. The van der Waals surface area contributed by atoms with Gasteiger partial charge in [-0.15, -0.1) is 68.0 Å². The third kappa shape index (κ3) is 23.3. The molecule has 0 amide bonds. The fourth-order valence-electron chi connectivity index (χ4n) is 9.38. The summed E-state index contributed by atoms with van der Waals surface area (Å²) < 4.78 is 12.8. The maximum absolute atomic E-state index is 4.67. The molecule has 0 aliphatic rings. The van der Waals surface area contributed by atoms with Crippen LogP contribution >= 0.6 is 136 Å². The van der Waals surface area contributed by atoms with Gasteiger partial charge in [-0.3, -0.25) is 0 Å². The molecule has 6 aromatic heterocycles. The Morgan fingerprint density at radius 3 is 0.884 bits per heavy atom. The van der Waals surface area contributed by atoms with E-state index in [1.54, 1.807) is 16.7 Å². The topological polar surface area (TPSA) is 0 Å². The molecule has 0 aliphatic carbocycles. The third-order valence-corrected chi connectivity index (χ3v) is 24.6. The molecule has 6 heterocycles. The number of fused-ring (bicyclic) bond motifs is 3. The van der Waals surface area contributed by atoms with Crippen LogP contribution in [0.1, 0.15) is 249 Å². The summed E-state index contributed by atoms with van der Waals surface area (Å²) >= 11 is 24.2. The number of aryl methyl sites for hydroxylation is 3. The van der Waals surface area contributed by atoms with E-state index in [1.807, 2.05) is 68.0 Å². The molecule has 69 heavy (non-hydrogen) atoms. The summed E-state index contributed by atoms with van der Waals surface area (Å²) in [6.45, 7) is 6.90. The quantitative estimate of drug-likeness (QED) is 0.0269. The maximum atomic E-state index is 4.67. The van der Waals surface area contributed by atoms with E-state index in [0.29, 0.717) is 0 Å². The van der Waals surface area contributed by atoms with Crippen LogP contribution in [-0.4, -0.2) is 0 Å². The molecule has 12 heteroatoms. The molecule has 0 atom stereocenters. The average molecular weight is 1340 g/mol. The van der Waals surface area contributed by atoms with Gasteiger partial charge in [0.1, 0.15) is 0 Å². The third-order valence-electron chi connectivity index (χ3n) is 13.5. The molecule has 395 valence electrons. The van der Waals surface area contributed by atoms with Crippen molar-refractivity contribution in [2.24, 2.45) is 0 Å². The van der Waals surface area contributed by atoms with Gasteiger partial charge in [-0.05, 0) is 119 Å². The predicted molar refractivity (Wildman–Crippen MR) is 333 cm³/mol. The first-order valence-electron chi connectivity index (χ1n) is 27.2. The van der Waals surface area contributed by atoms with E-state index in [2.05, 4.69) is 110 Å². The minimum absolute atomic E-state index is 0.757. The second-order valence-electron chi connectivity index (χ2n) is 19.2. The molecule has 6 aromatic rings. The van der Waals surface area contributed by atoms with Crippen LogP contribution < -0.4 is 0 Å². The van der Waals surface area contributed by atoms with E-state index in [4.69, 9.17) is 0 Å². The normalized spacial score (nSPS) is 11.7. The summed E-state index contributed by atoms with van der Waals surface area (Å²) in [5.41, 5.74) is 4.72. The van der Waals surface area contributed by atoms with Crippen molar-refractivity contribution in [3.05, 3.63) is 51.6 Å². The van der Waals surface area contributed by atoms with Gasteiger partial charge in [-0.2, -0.15) is 0 Å². The molecule has 0 fully saturated rings. The molecule has 0 N–H and O–H groups in total. The van der Waals surface area contributed by atoms with Crippen molar-refractivity contribution in [2.45, 2.75) is 252 Å². The van der Waals surface area contributed by atoms with E-state index in [0.717, 1.165) is 13.1 Å². The number of thiophene rings is 6. The summed E-state index contributed by atoms with van der Waals surface area (Å²) in [5.74, 6) is 0. The van der Waals surface area contributed by atoms with E-state index < -0.39 is 0 Å². The van der Waals surface area contributed by atoms with Crippen molar-refractivity contribution in [3.63, 3.8) is 0 Å². The Morgan fingerprint density at radius 1 is 0.333 bits per heavy atom. The summed E-state index contributed by atoms with van der Waals surface area (Å²) in [7, 11) is 9.34. The van der Waals surface area contributed by atoms with Crippen LogP contribution in [0.2, 0.25) is 0 Å². The molecule has 0 aromatic carbocycles. The number of hydrogen-bond acceptors (Lipinski definition) is 6. The van der Waals surface area contributed by atoms with Crippen molar-refractivity contribution < 1.29 is 13.1 Å². The fraction of sp³-hybridized carbons (Fsp3) is 0.684. The Labute approximate surface area is 485 Å². The van der Waals surface area contributed by atoms with Crippen LogP contribution in [0.3, 0.4) is 0 Å². The SMILES string of the molecule is CCCCCCCCCCCCCc1csc2c(Br)c(-c3sc4c(CCCCCCCCCCCCC)csc4c3Br)sc12.CCCCCCCCCCCCCc1csc2c(Br)csc12.[Cl][Cu][Cl]. The van der Waals surface area contributed by atoms with Crippen molar-refractivity contribution >= 4 is 164 Å². The molecule has 6 rings (SSSR count). The van der Waals surface area contributed by atoms with E-state index in [1.165, 1.54) is 283 Å². The van der Waals surface area contributed by atoms with Crippen LogP contribution in [0.25, 0.3) is 38.0 Å². The molecule has 0 saturated carbocycles. The molecule has 0 radical (unpaired) electrons. The Kier molecular flexibility index (Phi) is 36.4. The van der Waals surface area contributed by atoms with Crippen molar-refractivity contribution in [2.75, 3.05) is 0 Å². The van der Waals surface area contributed by atoms with Crippen LogP contribution in [0.5, 0.6) is 0 Å². The van der Waals surface area contributed by atoms with E-state index in [-0.39, 0.29) is 0 Å². The zero-order chi connectivity index (χ0) is 49.3. The van der Waals surface area contributed by atoms with Crippen molar-refractivity contribution in [3.8, 4) is 9.75 Å². The molecule has 0 nitrogen and oxygen atoms in total. The first-order valence-corrected chi connectivity index (χ1v) is 37.3. The number of hydrogen-bond donors (Lipinski definition) is 0. The van der Waals surface area contributed by atoms with Gasteiger partial charge in [0.2, 0.25) is 0 Å². The van der Waals surface area contributed by atoms with Gasteiger partial charge in [0.15, 0.2) is 0 Å². The van der Waals surface area contributed by atoms with E-state index in [9.17, 15) is 0 Å². The Hall–Kier alpha value is 1.52. The fourth-order valence-corrected chi connectivity index (χ4v) is 19.9. The molecule has 0 spiro atoms. The predicted octanol–water partition coefficient (Wildman–Crippen LogP) is 27.1. The number of halogens is 5. The van der Waals surface area contributed by atoms with Gasteiger partial charge in [0.25, 0.3) is 0 Å². The van der Waals surface area contributed by atoms with E-state index >= 15 is 0 Å². The molecule has 0 aliphatic heterocycles. The first kappa shape index (κ1) is 63.1. The summed E-state index contributed by atoms with van der Waals surface area (Å²) in [6.07, 6.45) is 50.4. The average Bonchev–Trinajstić information content (AvgIpc) is 4.22. The van der Waals surface area contributed by atoms with Crippen LogP contribution in [-0.2, 0) is 32.4 Å². The molecular formula is C57H85Br3Cl2CuS6. The summed E-state index contributed by atoms with van der Waals surface area (Å²) in [6, 6.07) is 0. The van der Waals surface area contributed by atoms with Gasteiger partial charge in [-0.1, -0.05) is 213 Å². The Morgan fingerprint density at radius 2 is 0.580 bits per heavy atom. The summed E-state index contributed by atoms with van der Waals surface area (Å²) in [4.78, 5) is 2.85. The molecule has 0 unspecified atom stereocenters. The zero-order valence-corrected chi connectivity index (χ0v) is 54.5. The van der Waals surface area contributed by atoms with Crippen LogP contribution in [0.15, 0.2) is 34.9 Å². The minimum atomic E-state index is 0.757. The second kappa shape index (κ2) is 39.8.